The number of rotatable bonds is 13. The molecule has 1 saturated carbocycles. The maximum Gasteiger partial charge on any atom is 0.409 e. The van der Waals surface area contributed by atoms with Crippen LogP contribution in [0.5, 0.6) is 0 Å². The largest absolute Gasteiger partial charge is 0.441 e. The number of hydrogen-bond donors (Lipinski definition) is 1. The zero-order valence-corrected chi connectivity index (χ0v) is 26.0. The second-order valence-electron chi connectivity index (χ2n) is 12.0. The average Bonchev–Trinajstić information content (AvgIpc) is 3.06. The summed E-state index contributed by atoms with van der Waals surface area (Å²) in [5.74, 6) is 0. The molecule has 234 valence electrons. The molecule has 0 aliphatic heterocycles. The molecular weight excluding hydrogens is 552 g/mol. The quantitative estimate of drug-likeness (QED) is 0.222. The van der Waals surface area contributed by atoms with E-state index in [2.05, 4.69) is 35.7 Å². The van der Waals surface area contributed by atoms with Crippen molar-refractivity contribution in [1.29, 1.82) is 0 Å². The highest BCUT2D eigenvalue weighted by Crippen LogP contribution is 2.31. The number of nitrogens with zero attached hydrogens (tertiary/aromatic N) is 1. The summed E-state index contributed by atoms with van der Waals surface area (Å²) in [5.41, 5.74) is 4.20. The van der Waals surface area contributed by atoms with Crippen molar-refractivity contribution in [2.75, 3.05) is 20.7 Å². The second-order valence-corrected chi connectivity index (χ2v) is 12.0. The molecule has 7 nitrogen and oxygen atoms in total. The van der Waals surface area contributed by atoms with Crippen molar-refractivity contribution < 1.29 is 23.7 Å². The SMILES string of the molecule is CN(C)C(=O)O[C@H]1[C@@H](OCc2ccccc2)[C@H](OCc2ccccc2)C(COCc2ccccc2)=C[C@@H]1NC1CCCCC1. The summed E-state index contributed by atoms with van der Waals surface area (Å²) in [4.78, 5) is 14.6. The van der Waals surface area contributed by atoms with Gasteiger partial charge < -0.3 is 29.2 Å². The van der Waals surface area contributed by atoms with Gasteiger partial charge in [-0.2, -0.15) is 0 Å². The first-order chi connectivity index (χ1) is 21.6. The van der Waals surface area contributed by atoms with E-state index in [1.54, 1.807) is 14.1 Å². The fourth-order valence-electron chi connectivity index (χ4n) is 5.96. The molecule has 4 atom stereocenters. The van der Waals surface area contributed by atoms with Crippen molar-refractivity contribution in [2.24, 2.45) is 0 Å². The van der Waals surface area contributed by atoms with E-state index < -0.39 is 24.4 Å². The summed E-state index contributed by atoms with van der Waals surface area (Å²) in [6, 6.07) is 30.5. The Balaban J connectivity index is 1.47. The Bertz CT molecular complexity index is 1300. The number of benzene rings is 3. The molecule has 1 fully saturated rings. The van der Waals surface area contributed by atoms with E-state index in [9.17, 15) is 4.79 Å². The second kappa shape index (κ2) is 16.5. The summed E-state index contributed by atoms with van der Waals surface area (Å²) in [6.07, 6.45) is 5.96. The Labute approximate surface area is 262 Å². The lowest BCUT2D eigenvalue weighted by Gasteiger charge is -2.43. The highest BCUT2D eigenvalue weighted by molar-refractivity contribution is 5.67. The van der Waals surface area contributed by atoms with Gasteiger partial charge >= 0.3 is 6.09 Å². The van der Waals surface area contributed by atoms with Gasteiger partial charge in [-0.1, -0.05) is 116 Å². The molecular formula is C37H46N2O5. The molecule has 3 aromatic carbocycles. The van der Waals surface area contributed by atoms with Gasteiger partial charge in [-0.05, 0) is 35.1 Å². The molecule has 3 aromatic rings. The van der Waals surface area contributed by atoms with Crippen molar-refractivity contribution in [3.05, 3.63) is 119 Å². The first kappa shape index (κ1) is 31.9. The predicted molar refractivity (Wildman–Crippen MR) is 172 cm³/mol. The highest BCUT2D eigenvalue weighted by atomic mass is 16.6. The number of carbonyl (C=O) groups is 1. The van der Waals surface area contributed by atoms with E-state index in [0.717, 1.165) is 35.1 Å². The first-order valence-electron chi connectivity index (χ1n) is 15.8. The molecule has 0 radical (unpaired) electrons. The Morgan fingerprint density at radius 2 is 1.25 bits per heavy atom. The Kier molecular flexibility index (Phi) is 12.0. The molecule has 7 heteroatoms. The van der Waals surface area contributed by atoms with Crippen LogP contribution < -0.4 is 5.32 Å². The zero-order valence-electron chi connectivity index (χ0n) is 26.0. The van der Waals surface area contributed by atoms with Crippen LogP contribution in [0.3, 0.4) is 0 Å². The number of amides is 1. The van der Waals surface area contributed by atoms with Crippen LogP contribution in [-0.4, -0.2) is 62.1 Å². The van der Waals surface area contributed by atoms with E-state index in [1.165, 1.54) is 24.2 Å². The van der Waals surface area contributed by atoms with Gasteiger partial charge in [0.2, 0.25) is 0 Å². The molecule has 1 N–H and O–H groups in total. The van der Waals surface area contributed by atoms with Crippen molar-refractivity contribution in [1.82, 2.24) is 10.2 Å². The normalized spacial score (nSPS) is 22.3. The maximum absolute atomic E-state index is 13.1. The smallest absolute Gasteiger partial charge is 0.409 e. The van der Waals surface area contributed by atoms with Crippen LogP contribution in [0.15, 0.2) is 103 Å². The van der Waals surface area contributed by atoms with E-state index >= 15 is 0 Å². The van der Waals surface area contributed by atoms with Gasteiger partial charge in [0.1, 0.15) is 12.2 Å². The van der Waals surface area contributed by atoms with Crippen LogP contribution >= 0.6 is 0 Å². The van der Waals surface area contributed by atoms with Gasteiger partial charge in [-0.25, -0.2) is 4.79 Å². The minimum Gasteiger partial charge on any atom is -0.441 e. The number of hydrogen-bond acceptors (Lipinski definition) is 6. The van der Waals surface area contributed by atoms with Gasteiger partial charge in [0.15, 0.2) is 6.10 Å². The third-order valence-corrected chi connectivity index (χ3v) is 8.31. The van der Waals surface area contributed by atoms with Crippen molar-refractivity contribution in [2.45, 2.75) is 82.3 Å². The van der Waals surface area contributed by atoms with Crippen LogP contribution in [0, 0.1) is 0 Å². The fraction of sp³-hybridized carbons (Fsp3) is 0.432. The van der Waals surface area contributed by atoms with E-state index in [-0.39, 0.29) is 6.04 Å². The van der Waals surface area contributed by atoms with Crippen molar-refractivity contribution in [3.63, 3.8) is 0 Å². The standard InChI is InChI=1S/C37H46N2O5/c1-39(2)37(40)44-35-33(38-32-21-13-6-14-22-32)23-31(27-41-24-28-15-7-3-8-16-28)34(42-25-29-17-9-4-10-18-29)36(35)43-26-30-19-11-5-12-20-30/h3-5,7-12,15-20,23,32-36,38H,6,13-14,21-22,24-27H2,1-2H3/t33-,34+,35+,36-/m0/s1. The molecule has 2 aliphatic rings. The maximum atomic E-state index is 13.1. The molecule has 0 bridgehead atoms. The Morgan fingerprint density at radius 1 is 0.705 bits per heavy atom. The zero-order chi connectivity index (χ0) is 30.6. The molecule has 5 rings (SSSR count). The average molecular weight is 599 g/mol. The molecule has 1 amide bonds. The Morgan fingerprint density at radius 3 is 1.82 bits per heavy atom. The van der Waals surface area contributed by atoms with Crippen LogP contribution in [0.4, 0.5) is 4.79 Å². The predicted octanol–water partition coefficient (Wildman–Crippen LogP) is 6.67. The molecule has 44 heavy (non-hydrogen) atoms. The molecule has 0 saturated heterocycles. The van der Waals surface area contributed by atoms with E-state index in [4.69, 9.17) is 18.9 Å². The van der Waals surface area contributed by atoms with Gasteiger partial charge in [-0.3, -0.25) is 0 Å². The summed E-state index contributed by atoms with van der Waals surface area (Å²) < 4.78 is 26.0. The number of nitrogens with one attached hydrogen (secondary N) is 1. The minimum atomic E-state index is -0.603. The lowest BCUT2D eigenvalue weighted by atomic mass is 9.85. The van der Waals surface area contributed by atoms with Gasteiger partial charge in [-0.15, -0.1) is 0 Å². The summed E-state index contributed by atoms with van der Waals surface area (Å²) >= 11 is 0. The van der Waals surface area contributed by atoms with Crippen LogP contribution in [-0.2, 0) is 38.8 Å². The van der Waals surface area contributed by atoms with Gasteiger partial charge in [0.05, 0.1) is 32.5 Å². The summed E-state index contributed by atoms with van der Waals surface area (Å²) in [5, 5.41) is 3.85. The lowest BCUT2D eigenvalue weighted by Crippen LogP contribution is -2.59. The fourth-order valence-corrected chi connectivity index (χ4v) is 5.96. The van der Waals surface area contributed by atoms with Crippen molar-refractivity contribution >= 4 is 6.09 Å². The third-order valence-electron chi connectivity index (χ3n) is 8.31. The Hall–Kier alpha value is -3.49. The summed E-state index contributed by atoms with van der Waals surface area (Å²) in [7, 11) is 3.41. The summed E-state index contributed by atoms with van der Waals surface area (Å²) in [6.45, 7) is 1.61. The van der Waals surface area contributed by atoms with Crippen LogP contribution in [0.1, 0.15) is 48.8 Å². The molecule has 0 unspecified atom stereocenters. The monoisotopic (exact) mass is 598 g/mol. The van der Waals surface area contributed by atoms with Crippen molar-refractivity contribution in [3.8, 4) is 0 Å². The minimum absolute atomic E-state index is 0.255. The number of carbonyl (C=O) groups excluding carboxylic acids is 1. The molecule has 0 aromatic heterocycles. The van der Waals surface area contributed by atoms with Gasteiger partial charge in [0.25, 0.3) is 0 Å². The van der Waals surface area contributed by atoms with E-state index in [0.29, 0.717) is 32.5 Å². The van der Waals surface area contributed by atoms with Crippen LogP contribution in [0.2, 0.25) is 0 Å². The molecule has 2 aliphatic carbocycles. The first-order valence-corrected chi connectivity index (χ1v) is 15.8. The lowest BCUT2D eigenvalue weighted by molar-refractivity contribution is -0.137. The van der Waals surface area contributed by atoms with Gasteiger partial charge in [0, 0.05) is 20.1 Å². The molecule has 0 spiro atoms. The van der Waals surface area contributed by atoms with Crippen LogP contribution in [0.25, 0.3) is 0 Å². The molecule has 0 heterocycles. The topological polar surface area (TPSA) is 69.3 Å². The van der Waals surface area contributed by atoms with E-state index in [1.807, 2.05) is 66.7 Å². The third kappa shape index (κ3) is 9.26. The number of ether oxygens (including phenoxy) is 4. The highest BCUT2D eigenvalue weighted by Gasteiger charge is 2.45.